The summed E-state index contributed by atoms with van der Waals surface area (Å²) in [7, 11) is 0. The predicted octanol–water partition coefficient (Wildman–Crippen LogP) is -1.74. The number of hydrogen-bond donors (Lipinski definition) is 1. The van der Waals surface area contributed by atoms with E-state index in [0.717, 1.165) is 0 Å². The van der Waals surface area contributed by atoms with Crippen molar-refractivity contribution in [2.24, 2.45) is 5.73 Å². The van der Waals surface area contributed by atoms with Crippen LogP contribution in [0.3, 0.4) is 0 Å². The highest BCUT2D eigenvalue weighted by Crippen LogP contribution is 1.91. The third-order valence-corrected chi connectivity index (χ3v) is 1.81. The summed E-state index contributed by atoms with van der Waals surface area (Å²) in [6.45, 7) is 0.835. The van der Waals surface area contributed by atoms with E-state index in [0.29, 0.717) is 19.4 Å². The smallest absolute Gasteiger partial charge is 0.244 e. The van der Waals surface area contributed by atoms with Gasteiger partial charge in [-0.05, 0) is 0 Å². The third-order valence-electron chi connectivity index (χ3n) is 1.81. The lowest BCUT2D eigenvalue weighted by molar-refractivity contribution is -0.133. The fraction of sp³-hybridized carbons (Fsp3) is 0.500. The van der Waals surface area contributed by atoms with Crippen molar-refractivity contribution in [2.45, 2.75) is 6.54 Å². The van der Waals surface area contributed by atoms with Crippen LogP contribution in [0.25, 0.3) is 0 Å². The molecule has 7 heteroatoms. The van der Waals surface area contributed by atoms with Crippen molar-refractivity contribution in [2.75, 3.05) is 19.6 Å². The number of amides is 1. The van der Waals surface area contributed by atoms with Crippen molar-refractivity contribution in [3.63, 3.8) is 0 Å². The van der Waals surface area contributed by atoms with Crippen LogP contribution in [-0.4, -0.2) is 51.5 Å². The number of nitrogens with zero attached hydrogens (tertiary/aromatic N) is 4. The molecular formula is C8H13N5O2. The molecule has 0 spiro atoms. The molecule has 0 aliphatic rings. The highest BCUT2D eigenvalue weighted by atomic mass is 16.2. The summed E-state index contributed by atoms with van der Waals surface area (Å²) in [4.78, 5) is 27.0. The summed E-state index contributed by atoms with van der Waals surface area (Å²) in [6, 6.07) is 0. The minimum Gasteiger partial charge on any atom is -0.333 e. The quantitative estimate of drug-likeness (QED) is 0.564. The standard InChI is InChI=1S/C8H13N5O2/c9-1-2-12(3-4-14)8(15)5-13-7-10-6-11-13/h4,6-7H,1-3,5,9H2. The van der Waals surface area contributed by atoms with Gasteiger partial charge in [-0.15, -0.1) is 0 Å². The molecule has 1 heterocycles. The van der Waals surface area contributed by atoms with Gasteiger partial charge in [0.15, 0.2) is 0 Å². The van der Waals surface area contributed by atoms with Gasteiger partial charge >= 0.3 is 0 Å². The lowest BCUT2D eigenvalue weighted by atomic mass is 10.4. The van der Waals surface area contributed by atoms with Crippen LogP contribution in [0.5, 0.6) is 0 Å². The maximum Gasteiger partial charge on any atom is 0.244 e. The Hall–Kier alpha value is -1.76. The van der Waals surface area contributed by atoms with Gasteiger partial charge in [-0.3, -0.25) is 4.79 Å². The fourth-order valence-corrected chi connectivity index (χ4v) is 1.12. The summed E-state index contributed by atoms with van der Waals surface area (Å²) >= 11 is 0. The molecule has 0 unspecified atom stereocenters. The molecule has 82 valence electrons. The van der Waals surface area contributed by atoms with Gasteiger partial charge < -0.3 is 15.4 Å². The number of aldehydes is 1. The lowest BCUT2D eigenvalue weighted by Crippen LogP contribution is -2.38. The van der Waals surface area contributed by atoms with E-state index in [1.54, 1.807) is 0 Å². The van der Waals surface area contributed by atoms with Crippen molar-refractivity contribution in [3.05, 3.63) is 12.7 Å². The summed E-state index contributed by atoms with van der Waals surface area (Å²) in [6.07, 6.45) is 3.47. The van der Waals surface area contributed by atoms with Crippen LogP contribution in [0.4, 0.5) is 0 Å². The second-order valence-corrected chi connectivity index (χ2v) is 2.89. The Morgan fingerprint density at radius 1 is 1.60 bits per heavy atom. The Kier molecular flexibility index (Phi) is 4.42. The molecule has 15 heavy (non-hydrogen) atoms. The van der Waals surface area contributed by atoms with E-state index in [-0.39, 0.29) is 19.0 Å². The zero-order valence-corrected chi connectivity index (χ0v) is 8.24. The molecule has 0 aliphatic carbocycles. The van der Waals surface area contributed by atoms with Crippen molar-refractivity contribution >= 4 is 12.2 Å². The predicted molar refractivity (Wildman–Crippen MR) is 51.7 cm³/mol. The Labute approximate surface area is 86.9 Å². The van der Waals surface area contributed by atoms with Crippen LogP contribution in [0.15, 0.2) is 12.7 Å². The average Bonchev–Trinajstić information content (AvgIpc) is 2.70. The Morgan fingerprint density at radius 2 is 2.40 bits per heavy atom. The van der Waals surface area contributed by atoms with Gasteiger partial charge in [0.1, 0.15) is 25.5 Å². The minimum absolute atomic E-state index is 0.0602. The highest BCUT2D eigenvalue weighted by molar-refractivity contribution is 5.78. The lowest BCUT2D eigenvalue weighted by Gasteiger charge is -2.18. The maximum atomic E-state index is 11.6. The highest BCUT2D eigenvalue weighted by Gasteiger charge is 2.12. The minimum atomic E-state index is -0.196. The number of aromatic nitrogens is 3. The first-order valence-electron chi connectivity index (χ1n) is 4.51. The van der Waals surface area contributed by atoms with Gasteiger partial charge in [0.05, 0.1) is 6.54 Å². The van der Waals surface area contributed by atoms with Gasteiger partial charge in [-0.2, -0.15) is 5.10 Å². The third kappa shape index (κ3) is 3.47. The Balaban J connectivity index is 2.52. The van der Waals surface area contributed by atoms with Crippen molar-refractivity contribution in [1.29, 1.82) is 0 Å². The van der Waals surface area contributed by atoms with E-state index in [2.05, 4.69) is 10.1 Å². The largest absolute Gasteiger partial charge is 0.333 e. The van der Waals surface area contributed by atoms with Crippen LogP contribution < -0.4 is 5.73 Å². The second kappa shape index (κ2) is 5.86. The van der Waals surface area contributed by atoms with Crippen molar-refractivity contribution < 1.29 is 9.59 Å². The molecule has 2 N–H and O–H groups in total. The van der Waals surface area contributed by atoms with E-state index in [4.69, 9.17) is 5.73 Å². The van der Waals surface area contributed by atoms with Crippen molar-refractivity contribution in [1.82, 2.24) is 19.7 Å². The number of rotatable bonds is 6. The normalized spacial score (nSPS) is 9.93. The van der Waals surface area contributed by atoms with Crippen molar-refractivity contribution in [3.8, 4) is 0 Å². The summed E-state index contributed by atoms with van der Waals surface area (Å²) in [5, 5.41) is 3.80. The van der Waals surface area contributed by atoms with Crippen LogP contribution >= 0.6 is 0 Å². The number of carbonyl (C=O) groups excluding carboxylic acids is 2. The molecule has 0 radical (unpaired) electrons. The average molecular weight is 211 g/mol. The fourth-order valence-electron chi connectivity index (χ4n) is 1.12. The maximum absolute atomic E-state index is 11.6. The second-order valence-electron chi connectivity index (χ2n) is 2.89. The van der Waals surface area contributed by atoms with E-state index < -0.39 is 0 Å². The Morgan fingerprint density at radius 3 is 2.93 bits per heavy atom. The molecule has 1 aromatic heterocycles. The number of carbonyl (C=O) groups is 2. The molecule has 0 bridgehead atoms. The van der Waals surface area contributed by atoms with E-state index in [9.17, 15) is 9.59 Å². The molecule has 0 saturated heterocycles. The van der Waals surface area contributed by atoms with Gasteiger partial charge in [-0.25, -0.2) is 9.67 Å². The van der Waals surface area contributed by atoms with Gasteiger partial charge in [0.2, 0.25) is 5.91 Å². The van der Waals surface area contributed by atoms with Gasteiger partial charge in [0, 0.05) is 13.1 Å². The van der Waals surface area contributed by atoms with Gasteiger partial charge in [0.25, 0.3) is 0 Å². The number of nitrogens with two attached hydrogens (primary N) is 1. The first kappa shape index (κ1) is 11.3. The first-order chi connectivity index (χ1) is 7.27. The number of hydrogen-bond acceptors (Lipinski definition) is 5. The van der Waals surface area contributed by atoms with Crippen LogP contribution in [0, 0.1) is 0 Å². The SMILES string of the molecule is NCCN(CC=O)C(=O)Cn1cncn1. The summed E-state index contributed by atoms with van der Waals surface area (Å²) in [5.74, 6) is -0.196. The molecule has 0 fully saturated rings. The molecule has 1 rings (SSSR count). The molecule has 0 aliphatic heterocycles. The topological polar surface area (TPSA) is 94.1 Å². The first-order valence-corrected chi connectivity index (χ1v) is 4.51. The molecule has 1 aromatic rings. The molecule has 0 saturated carbocycles. The van der Waals surface area contributed by atoms with Gasteiger partial charge in [-0.1, -0.05) is 0 Å². The summed E-state index contributed by atoms with van der Waals surface area (Å²) < 4.78 is 1.40. The van der Waals surface area contributed by atoms with Crippen LogP contribution in [-0.2, 0) is 16.1 Å². The summed E-state index contributed by atoms with van der Waals surface area (Å²) in [5.41, 5.74) is 5.33. The zero-order chi connectivity index (χ0) is 11.1. The molecule has 0 aromatic carbocycles. The molecular weight excluding hydrogens is 198 g/mol. The van der Waals surface area contributed by atoms with Crippen LogP contribution in [0.1, 0.15) is 0 Å². The molecule has 7 nitrogen and oxygen atoms in total. The Bertz CT molecular complexity index is 311. The molecule has 1 amide bonds. The van der Waals surface area contributed by atoms with E-state index in [1.807, 2.05) is 0 Å². The van der Waals surface area contributed by atoms with E-state index >= 15 is 0 Å². The zero-order valence-electron chi connectivity index (χ0n) is 8.24. The molecule has 0 atom stereocenters. The van der Waals surface area contributed by atoms with E-state index in [1.165, 1.54) is 22.2 Å². The monoisotopic (exact) mass is 211 g/mol. The van der Waals surface area contributed by atoms with Crippen LogP contribution in [0.2, 0.25) is 0 Å².